The number of ketones is 1. The van der Waals surface area contributed by atoms with Crippen molar-refractivity contribution in [1.29, 1.82) is 5.26 Å². The quantitative estimate of drug-likeness (QED) is 0.527. The molecule has 0 amide bonds. The third-order valence-electron chi connectivity index (χ3n) is 0.528. The first-order chi connectivity index (χ1) is 3.72. The van der Waals surface area contributed by atoms with E-state index in [9.17, 15) is 13.6 Å². The molecule has 0 aromatic heterocycles. The first-order valence-electron chi connectivity index (χ1n) is 1.84. The molecule has 0 rings (SSSR count). The van der Waals surface area contributed by atoms with E-state index in [-0.39, 0.29) is 0 Å². The number of nitrogens with zero attached hydrogens (tertiary/aromatic N) is 1. The van der Waals surface area contributed by atoms with Gasteiger partial charge in [-0.25, -0.2) is 8.78 Å². The van der Waals surface area contributed by atoms with E-state index in [1.54, 1.807) is 0 Å². The molecule has 0 fully saturated rings. The van der Waals surface area contributed by atoms with Gasteiger partial charge >= 0.3 is 0 Å². The summed E-state index contributed by atoms with van der Waals surface area (Å²) < 4.78 is 22.7. The van der Waals surface area contributed by atoms with Crippen LogP contribution >= 0.6 is 0 Å². The van der Waals surface area contributed by atoms with Crippen molar-refractivity contribution in [3.8, 4) is 6.07 Å². The zero-order chi connectivity index (χ0) is 6.57. The Morgan fingerprint density at radius 3 is 2.50 bits per heavy atom. The minimum Gasteiger partial charge on any atom is -0.292 e. The van der Waals surface area contributed by atoms with E-state index in [1.165, 1.54) is 0 Å². The molecular weight excluding hydrogens is 116 g/mol. The van der Waals surface area contributed by atoms with Gasteiger partial charge in [-0.05, 0) is 0 Å². The van der Waals surface area contributed by atoms with Gasteiger partial charge in [0.1, 0.15) is 6.07 Å². The Morgan fingerprint density at radius 2 is 2.38 bits per heavy atom. The van der Waals surface area contributed by atoms with Gasteiger partial charge in [0.05, 0.1) is 0 Å². The highest BCUT2D eigenvalue weighted by molar-refractivity contribution is 5.86. The Bertz CT molecular complexity index is 128. The molecule has 0 saturated heterocycles. The van der Waals surface area contributed by atoms with E-state index in [0.29, 0.717) is 0 Å². The molecule has 0 aromatic carbocycles. The number of carbonyl (C=O) groups is 1. The SMILES string of the molecule is N#CC(F)C(=O)CF. The molecule has 44 valence electrons. The minimum absolute atomic E-state index is 0.959. The van der Waals surface area contributed by atoms with Gasteiger partial charge in [-0.1, -0.05) is 0 Å². The summed E-state index contributed by atoms with van der Waals surface area (Å²) in [6.07, 6.45) is -2.29. The summed E-state index contributed by atoms with van der Waals surface area (Å²) in [5, 5.41) is 7.62. The van der Waals surface area contributed by atoms with Gasteiger partial charge in [-0.2, -0.15) is 5.26 Å². The van der Waals surface area contributed by atoms with E-state index in [2.05, 4.69) is 0 Å². The molecule has 0 N–H and O–H groups in total. The first kappa shape index (κ1) is 7.02. The van der Waals surface area contributed by atoms with Gasteiger partial charge in [0.2, 0.25) is 12.0 Å². The highest BCUT2D eigenvalue weighted by atomic mass is 19.1. The zero-order valence-electron chi connectivity index (χ0n) is 3.90. The average molecular weight is 119 g/mol. The molecule has 0 saturated carbocycles. The largest absolute Gasteiger partial charge is 0.292 e. The number of Topliss-reactive ketones (excluding diaryl/α,β-unsaturated/α-hetero) is 1. The molecular formula is C4H3F2NO. The van der Waals surface area contributed by atoms with Crippen LogP contribution in [-0.2, 0) is 4.79 Å². The molecule has 0 spiro atoms. The fourth-order valence-electron chi connectivity index (χ4n) is 0.140. The molecule has 0 radical (unpaired) electrons. The maximum Gasteiger partial charge on any atom is 0.246 e. The predicted octanol–water partition coefficient (Wildman–Crippen LogP) is 0.387. The molecule has 2 nitrogen and oxygen atoms in total. The van der Waals surface area contributed by atoms with Crippen molar-refractivity contribution in [3.63, 3.8) is 0 Å². The van der Waals surface area contributed by atoms with Crippen molar-refractivity contribution in [2.45, 2.75) is 6.17 Å². The maximum atomic E-state index is 11.6. The molecule has 0 bridgehead atoms. The standard InChI is InChI=1S/C4H3F2NO/c5-1-4(8)3(6)2-7/h3H,1H2. The number of rotatable bonds is 2. The van der Waals surface area contributed by atoms with Crippen LogP contribution in [0.5, 0.6) is 0 Å². The van der Waals surface area contributed by atoms with Crippen LogP contribution in [0.4, 0.5) is 8.78 Å². The highest BCUT2D eigenvalue weighted by Gasteiger charge is 2.14. The van der Waals surface area contributed by atoms with E-state index in [1.807, 2.05) is 0 Å². The van der Waals surface area contributed by atoms with E-state index in [0.717, 1.165) is 6.07 Å². The average Bonchev–Trinajstić information content (AvgIpc) is 1.84. The molecule has 0 aliphatic rings. The minimum atomic E-state index is -2.29. The molecule has 1 atom stereocenters. The first-order valence-corrected chi connectivity index (χ1v) is 1.84. The van der Waals surface area contributed by atoms with Crippen LogP contribution in [-0.4, -0.2) is 18.6 Å². The number of alkyl halides is 2. The number of hydrogen-bond donors (Lipinski definition) is 0. The van der Waals surface area contributed by atoms with Crippen molar-refractivity contribution >= 4 is 5.78 Å². The summed E-state index contributed by atoms with van der Waals surface area (Å²) in [7, 11) is 0. The van der Waals surface area contributed by atoms with Gasteiger partial charge in [0.15, 0.2) is 6.67 Å². The Labute approximate surface area is 44.7 Å². The Hall–Kier alpha value is -0.980. The second-order valence-electron chi connectivity index (χ2n) is 1.09. The normalized spacial score (nSPS) is 12.1. The van der Waals surface area contributed by atoms with Crippen LogP contribution in [0, 0.1) is 11.3 Å². The van der Waals surface area contributed by atoms with Gasteiger partial charge < -0.3 is 0 Å². The van der Waals surface area contributed by atoms with E-state index >= 15 is 0 Å². The van der Waals surface area contributed by atoms with Gasteiger partial charge in [-0.3, -0.25) is 4.79 Å². The molecule has 4 heteroatoms. The summed E-state index contributed by atoms with van der Waals surface area (Å²) in [5.74, 6) is -1.31. The number of carbonyl (C=O) groups excluding carboxylic acids is 1. The maximum absolute atomic E-state index is 11.6. The molecule has 0 heterocycles. The van der Waals surface area contributed by atoms with Crippen LogP contribution in [0.25, 0.3) is 0 Å². The number of hydrogen-bond acceptors (Lipinski definition) is 2. The second-order valence-corrected chi connectivity index (χ2v) is 1.09. The highest BCUT2D eigenvalue weighted by Crippen LogP contribution is 1.89. The predicted molar refractivity (Wildman–Crippen MR) is 21.5 cm³/mol. The third kappa shape index (κ3) is 1.65. The van der Waals surface area contributed by atoms with Gasteiger partial charge in [-0.15, -0.1) is 0 Å². The topological polar surface area (TPSA) is 40.9 Å². The number of halogens is 2. The van der Waals surface area contributed by atoms with Gasteiger partial charge in [0, 0.05) is 0 Å². The van der Waals surface area contributed by atoms with Crippen LogP contribution in [0.2, 0.25) is 0 Å². The summed E-state index contributed by atoms with van der Waals surface area (Å²) >= 11 is 0. The third-order valence-corrected chi connectivity index (χ3v) is 0.528. The fraction of sp³-hybridized carbons (Fsp3) is 0.500. The smallest absolute Gasteiger partial charge is 0.246 e. The van der Waals surface area contributed by atoms with E-state index in [4.69, 9.17) is 5.26 Å². The lowest BCUT2D eigenvalue weighted by Gasteiger charge is -1.87. The number of nitriles is 1. The Morgan fingerprint density at radius 1 is 1.88 bits per heavy atom. The molecule has 1 unspecified atom stereocenters. The van der Waals surface area contributed by atoms with Crippen molar-refractivity contribution in [1.82, 2.24) is 0 Å². The lowest BCUT2D eigenvalue weighted by atomic mass is 10.3. The van der Waals surface area contributed by atoms with Crippen molar-refractivity contribution in [2.75, 3.05) is 6.67 Å². The fourth-order valence-corrected chi connectivity index (χ4v) is 0.140. The van der Waals surface area contributed by atoms with E-state index < -0.39 is 18.6 Å². The molecule has 8 heavy (non-hydrogen) atoms. The zero-order valence-corrected chi connectivity index (χ0v) is 3.90. The van der Waals surface area contributed by atoms with Crippen LogP contribution < -0.4 is 0 Å². The second kappa shape index (κ2) is 3.08. The summed E-state index contributed by atoms with van der Waals surface area (Å²) in [6.45, 7) is -1.41. The van der Waals surface area contributed by atoms with Crippen LogP contribution in [0.3, 0.4) is 0 Å². The molecule has 0 aromatic rings. The summed E-state index contributed by atoms with van der Waals surface area (Å²) in [4.78, 5) is 9.77. The van der Waals surface area contributed by atoms with Crippen molar-refractivity contribution < 1.29 is 13.6 Å². The Balaban J connectivity index is 3.68. The summed E-state index contributed by atoms with van der Waals surface area (Å²) in [6, 6.07) is 0.959. The van der Waals surface area contributed by atoms with Gasteiger partial charge in [0.25, 0.3) is 0 Å². The van der Waals surface area contributed by atoms with Crippen LogP contribution in [0.15, 0.2) is 0 Å². The monoisotopic (exact) mass is 119 g/mol. The lowest BCUT2D eigenvalue weighted by Crippen LogP contribution is -2.14. The van der Waals surface area contributed by atoms with Crippen molar-refractivity contribution in [2.24, 2.45) is 0 Å². The molecule has 0 aliphatic heterocycles. The van der Waals surface area contributed by atoms with Crippen LogP contribution in [0.1, 0.15) is 0 Å². The lowest BCUT2D eigenvalue weighted by molar-refractivity contribution is -0.122. The summed E-state index contributed by atoms with van der Waals surface area (Å²) in [5.41, 5.74) is 0. The molecule has 0 aliphatic carbocycles. The Kier molecular flexibility index (Phi) is 2.70. The van der Waals surface area contributed by atoms with Crippen molar-refractivity contribution in [3.05, 3.63) is 0 Å².